The van der Waals surface area contributed by atoms with E-state index in [1.165, 1.54) is 4.90 Å². The Morgan fingerprint density at radius 3 is 2.58 bits per heavy atom. The number of thioether (sulfide) groups is 1. The van der Waals surface area contributed by atoms with Crippen molar-refractivity contribution in [1.29, 1.82) is 0 Å². The molecule has 0 aliphatic rings. The van der Waals surface area contributed by atoms with Gasteiger partial charge >= 0.3 is 0 Å². The van der Waals surface area contributed by atoms with Crippen molar-refractivity contribution in [3.05, 3.63) is 30.2 Å². The largest absolute Gasteiger partial charge is 0.337 e. The van der Waals surface area contributed by atoms with Gasteiger partial charge in [0.05, 0.1) is 6.04 Å². The summed E-state index contributed by atoms with van der Waals surface area (Å²) in [6.45, 7) is 4.19. The van der Waals surface area contributed by atoms with Gasteiger partial charge in [-0.05, 0) is 36.4 Å². The molecule has 1 aromatic heterocycles. The molecule has 1 unspecified atom stereocenters. The van der Waals surface area contributed by atoms with Gasteiger partial charge in [-0.3, -0.25) is 0 Å². The van der Waals surface area contributed by atoms with Gasteiger partial charge in [0, 0.05) is 10.5 Å². The Bertz CT molecular complexity index is 524. The number of nitrogens with zero attached hydrogens (tertiary/aromatic N) is 2. The molecular formula is C14H19N3OS. The molecule has 2 aromatic rings. The standard InChI is InChI=1S/C14H19N3OS/c1-4-9(2)12(15)14-16-13(17-18-14)10-5-7-11(19-3)8-6-10/h5-9,12H,4,15H2,1-3H3/t9?,12-/m0/s1. The van der Waals surface area contributed by atoms with Crippen molar-refractivity contribution in [1.82, 2.24) is 10.1 Å². The van der Waals surface area contributed by atoms with E-state index in [1.54, 1.807) is 11.8 Å². The van der Waals surface area contributed by atoms with Crippen LogP contribution in [0.25, 0.3) is 11.4 Å². The highest BCUT2D eigenvalue weighted by Gasteiger charge is 2.20. The average Bonchev–Trinajstić information content (AvgIpc) is 2.95. The lowest BCUT2D eigenvalue weighted by Gasteiger charge is -2.12. The second kappa shape index (κ2) is 6.21. The lowest BCUT2D eigenvalue weighted by Crippen LogP contribution is -2.18. The molecule has 0 radical (unpaired) electrons. The van der Waals surface area contributed by atoms with Crippen LogP contribution >= 0.6 is 11.8 Å². The Labute approximate surface area is 117 Å². The Morgan fingerprint density at radius 1 is 1.32 bits per heavy atom. The highest BCUT2D eigenvalue weighted by molar-refractivity contribution is 7.98. The van der Waals surface area contributed by atoms with Crippen molar-refractivity contribution < 1.29 is 4.52 Å². The Balaban J connectivity index is 2.20. The maximum atomic E-state index is 6.09. The average molecular weight is 277 g/mol. The lowest BCUT2D eigenvalue weighted by atomic mass is 10.0. The SMILES string of the molecule is CCC(C)[C@H](N)c1nc(-c2ccc(SC)cc2)no1. The fourth-order valence-corrected chi connectivity index (χ4v) is 2.13. The molecule has 19 heavy (non-hydrogen) atoms. The molecule has 2 rings (SSSR count). The van der Waals surface area contributed by atoms with Gasteiger partial charge in [-0.15, -0.1) is 11.8 Å². The van der Waals surface area contributed by atoms with Gasteiger partial charge < -0.3 is 10.3 Å². The summed E-state index contributed by atoms with van der Waals surface area (Å²) < 4.78 is 5.27. The molecule has 0 saturated heterocycles. The third-order valence-electron chi connectivity index (χ3n) is 3.33. The van der Waals surface area contributed by atoms with E-state index in [0.29, 0.717) is 17.6 Å². The molecule has 0 aliphatic carbocycles. The third-order valence-corrected chi connectivity index (χ3v) is 4.08. The topological polar surface area (TPSA) is 64.9 Å². The van der Waals surface area contributed by atoms with Gasteiger partial charge in [0.1, 0.15) is 0 Å². The molecular weight excluding hydrogens is 258 g/mol. The molecule has 0 spiro atoms. The minimum absolute atomic E-state index is 0.197. The van der Waals surface area contributed by atoms with Crippen LogP contribution in [0.2, 0.25) is 0 Å². The van der Waals surface area contributed by atoms with Crippen molar-refractivity contribution in [3.63, 3.8) is 0 Å². The summed E-state index contributed by atoms with van der Waals surface area (Å²) in [7, 11) is 0. The first-order valence-electron chi connectivity index (χ1n) is 6.39. The predicted octanol–water partition coefficient (Wildman–Crippen LogP) is 3.50. The number of aromatic nitrogens is 2. The van der Waals surface area contributed by atoms with Crippen LogP contribution in [0, 0.1) is 5.92 Å². The number of nitrogens with two attached hydrogens (primary N) is 1. The van der Waals surface area contributed by atoms with Gasteiger partial charge in [-0.2, -0.15) is 4.98 Å². The summed E-state index contributed by atoms with van der Waals surface area (Å²) in [5.41, 5.74) is 7.03. The number of rotatable bonds is 5. The fourth-order valence-electron chi connectivity index (χ4n) is 1.73. The van der Waals surface area contributed by atoms with E-state index in [9.17, 15) is 0 Å². The zero-order chi connectivity index (χ0) is 13.8. The Hall–Kier alpha value is -1.33. The normalized spacial score (nSPS) is 14.3. The van der Waals surface area contributed by atoms with Crippen molar-refractivity contribution in [2.75, 3.05) is 6.26 Å². The molecule has 102 valence electrons. The summed E-state index contributed by atoms with van der Waals surface area (Å²) in [4.78, 5) is 5.61. The monoisotopic (exact) mass is 277 g/mol. The smallest absolute Gasteiger partial charge is 0.244 e. The fraction of sp³-hybridized carbons (Fsp3) is 0.429. The van der Waals surface area contributed by atoms with Crippen LogP contribution in [-0.4, -0.2) is 16.4 Å². The van der Waals surface area contributed by atoms with Crippen LogP contribution in [0.3, 0.4) is 0 Å². The first-order chi connectivity index (χ1) is 9.15. The molecule has 5 heteroatoms. The summed E-state index contributed by atoms with van der Waals surface area (Å²) in [6.07, 6.45) is 3.04. The summed E-state index contributed by atoms with van der Waals surface area (Å²) in [6, 6.07) is 7.89. The second-order valence-electron chi connectivity index (χ2n) is 4.60. The second-order valence-corrected chi connectivity index (χ2v) is 5.48. The van der Waals surface area contributed by atoms with Gasteiger partial charge in [-0.1, -0.05) is 25.4 Å². The van der Waals surface area contributed by atoms with Crippen LogP contribution in [0.5, 0.6) is 0 Å². The molecule has 1 aromatic carbocycles. The molecule has 0 amide bonds. The van der Waals surface area contributed by atoms with E-state index in [2.05, 4.69) is 24.0 Å². The molecule has 2 N–H and O–H groups in total. The van der Waals surface area contributed by atoms with Crippen LogP contribution in [0.4, 0.5) is 0 Å². The van der Waals surface area contributed by atoms with E-state index in [-0.39, 0.29) is 6.04 Å². The highest BCUT2D eigenvalue weighted by atomic mass is 32.2. The van der Waals surface area contributed by atoms with Crippen LogP contribution in [0.15, 0.2) is 33.7 Å². The van der Waals surface area contributed by atoms with Crippen molar-refractivity contribution >= 4 is 11.8 Å². The minimum atomic E-state index is -0.197. The molecule has 2 atom stereocenters. The van der Waals surface area contributed by atoms with Gasteiger partial charge in [0.25, 0.3) is 0 Å². The van der Waals surface area contributed by atoms with Crippen LogP contribution < -0.4 is 5.73 Å². The van der Waals surface area contributed by atoms with Crippen molar-refractivity contribution in [2.45, 2.75) is 31.2 Å². The molecule has 0 fully saturated rings. The highest BCUT2D eigenvalue weighted by Crippen LogP contribution is 2.24. The van der Waals surface area contributed by atoms with E-state index < -0.39 is 0 Å². The molecule has 0 bridgehead atoms. The Morgan fingerprint density at radius 2 is 2.00 bits per heavy atom. The molecule has 0 aliphatic heterocycles. The van der Waals surface area contributed by atoms with Crippen molar-refractivity contribution in [3.8, 4) is 11.4 Å². The van der Waals surface area contributed by atoms with E-state index in [4.69, 9.17) is 10.3 Å². The summed E-state index contributed by atoms with van der Waals surface area (Å²) in [5, 5.41) is 4.01. The zero-order valence-corrected chi connectivity index (χ0v) is 12.3. The number of hydrogen-bond acceptors (Lipinski definition) is 5. The molecule has 1 heterocycles. The lowest BCUT2D eigenvalue weighted by molar-refractivity contribution is 0.312. The summed E-state index contributed by atoms with van der Waals surface area (Å²) in [5.74, 6) is 1.44. The molecule has 4 nitrogen and oxygen atoms in total. The Kier molecular flexibility index (Phi) is 4.61. The van der Waals surface area contributed by atoms with E-state index >= 15 is 0 Å². The minimum Gasteiger partial charge on any atom is -0.337 e. The maximum Gasteiger partial charge on any atom is 0.244 e. The van der Waals surface area contributed by atoms with Crippen LogP contribution in [0.1, 0.15) is 32.2 Å². The quantitative estimate of drug-likeness (QED) is 0.847. The third kappa shape index (κ3) is 3.16. The number of benzene rings is 1. The van der Waals surface area contributed by atoms with Gasteiger partial charge in [0.2, 0.25) is 11.7 Å². The van der Waals surface area contributed by atoms with E-state index in [1.807, 2.05) is 30.5 Å². The van der Waals surface area contributed by atoms with Crippen molar-refractivity contribution in [2.24, 2.45) is 11.7 Å². The van der Waals surface area contributed by atoms with Gasteiger partial charge in [0.15, 0.2) is 0 Å². The number of hydrogen-bond donors (Lipinski definition) is 1. The zero-order valence-electron chi connectivity index (χ0n) is 11.5. The predicted molar refractivity (Wildman–Crippen MR) is 77.9 cm³/mol. The van der Waals surface area contributed by atoms with Crippen LogP contribution in [-0.2, 0) is 0 Å². The molecule has 0 saturated carbocycles. The van der Waals surface area contributed by atoms with E-state index in [0.717, 1.165) is 12.0 Å². The van der Waals surface area contributed by atoms with Gasteiger partial charge in [-0.25, -0.2) is 0 Å². The summed E-state index contributed by atoms with van der Waals surface area (Å²) >= 11 is 1.71. The first kappa shape index (κ1) is 14.1. The maximum absolute atomic E-state index is 6.09. The first-order valence-corrected chi connectivity index (χ1v) is 7.61.